The third-order valence-electron chi connectivity index (χ3n) is 1.22. The molecule has 1 aromatic heterocycles. The third-order valence-corrected chi connectivity index (χ3v) is 3.61. The van der Waals surface area contributed by atoms with Crippen LogP contribution in [0.3, 0.4) is 0 Å². The van der Waals surface area contributed by atoms with Crippen molar-refractivity contribution in [2.75, 3.05) is 0 Å². The molecule has 0 amide bonds. The summed E-state index contributed by atoms with van der Waals surface area (Å²) >= 11 is 4.79. The first-order valence-corrected chi connectivity index (χ1v) is 5.22. The lowest BCUT2D eigenvalue weighted by Crippen LogP contribution is -2.18. The predicted octanol–water partition coefficient (Wildman–Crippen LogP) is 3.22. The van der Waals surface area contributed by atoms with E-state index in [9.17, 15) is 13.2 Å². The van der Waals surface area contributed by atoms with Gasteiger partial charge in [0.15, 0.2) is 5.69 Å². The Morgan fingerprint density at radius 2 is 2.13 bits per heavy atom. The normalized spacial score (nSPS) is 10.9. The maximum absolute atomic E-state index is 11.8. The maximum Gasteiger partial charge on any atom is 0.574 e. The molecule has 0 aliphatic heterocycles. The van der Waals surface area contributed by atoms with E-state index >= 15 is 0 Å². The molecule has 1 rings (SSSR count). The number of nitrogens with zero attached hydrogens (tertiary/aromatic N) is 2. The number of nitriles is 1. The van der Waals surface area contributed by atoms with Crippen LogP contribution in [0.4, 0.5) is 13.2 Å². The number of rotatable bonds is 1. The van der Waals surface area contributed by atoms with Crippen LogP contribution in [0.25, 0.3) is 0 Å². The Balaban J connectivity index is 3.13. The fourth-order valence-corrected chi connectivity index (χ4v) is 1.53. The minimum absolute atomic E-state index is 0.152. The Labute approximate surface area is 105 Å². The molecule has 0 aliphatic rings. The van der Waals surface area contributed by atoms with Crippen LogP contribution >= 0.6 is 38.5 Å². The number of pyridine rings is 1. The monoisotopic (exact) mass is 392 g/mol. The van der Waals surface area contributed by atoms with E-state index in [4.69, 9.17) is 5.26 Å². The Morgan fingerprint density at radius 3 is 2.60 bits per heavy atom. The SMILES string of the molecule is N#Cc1nc(OC(F)(F)F)cc(I)c1Br. The van der Waals surface area contributed by atoms with E-state index in [1.54, 1.807) is 28.7 Å². The van der Waals surface area contributed by atoms with E-state index in [0.29, 0.717) is 8.04 Å². The molecular formula is C7HBrF3IN2O. The molecule has 8 heteroatoms. The molecular weight excluding hydrogens is 392 g/mol. The summed E-state index contributed by atoms with van der Waals surface area (Å²) in [5.74, 6) is -0.647. The van der Waals surface area contributed by atoms with Crippen LogP contribution in [0.1, 0.15) is 5.69 Å². The maximum atomic E-state index is 11.8. The Hall–Kier alpha value is -0.560. The van der Waals surface area contributed by atoms with Gasteiger partial charge in [0.05, 0.1) is 4.47 Å². The van der Waals surface area contributed by atoms with E-state index in [1.165, 1.54) is 0 Å². The second-order valence-corrected chi connectivity index (χ2v) is 4.22. The molecule has 0 aliphatic carbocycles. The average Bonchev–Trinajstić information content (AvgIpc) is 2.08. The van der Waals surface area contributed by atoms with Gasteiger partial charge in [-0.15, -0.1) is 13.2 Å². The molecule has 0 unspecified atom stereocenters. The molecule has 3 nitrogen and oxygen atoms in total. The van der Waals surface area contributed by atoms with Gasteiger partial charge in [-0.3, -0.25) is 0 Å². The molecule has 0 atom stereocenters. The standard InChI is InChI=1S/C7HBrF3IN2O/c8-6-3(12)1-5(14-4(6)2-13)15-7(9,10)11/h1H. The molecule has 0 radical (unpaired) electrons. The van der Waals surface area contributed by atoms with Crippen molar-refractivity contribution < 1.29 is 17.9 Å². The van der Waals surface area contributed by atoms with Crippen molar-refractivity contribution in [3.05, 3.63) is 19.8 Å². The van der Waals surface area contributed by atoms with Crippen molar-refractivity contribution in [3.63, 3.8) is 0 Å². The topological polar surface area (TPSA) is 45.9 Å². The largest absolute Gasteiger partial charge is 0.574 e. The summed E-state index contributed by atoms with van der Waals surface area (Å²) in [6, 6.07) is 2.73. The van der Waals surface area contributed by atoms with Crippen LogP contribution in [0.5, 0.6) is 5.88 Å². The highest BCUT2D eigenvalue weighted by Gasteiger charge is 2.32. The smallest absolute Gasteiger partial charge is 0.388 e. The van der Waals surface area contributed by atoms with E-state index in [-0.39, 0.29) is 5.69 Å². The molecule has 15 heavy (non-hydrogen) atoms. The summed E-state index contributed by atoms with van der Waals surface area (Å²) in [6.07, 6.45) is -4.81. The van der Waals surface area contributed by atoms with E-state index in [1.807, 2.05) is 0 Å². The zero-order valence-electron chi connectivity index (χ0n) is 6.77. The zero-order chi connectivity index (χ0) is 11.6. The van der Waals surface area contributed by atoms with E-state index in [0.717, 1.165) is 6.07 Å². The summed E-state index contributed by atoms with van der Waals surface area (Å²) in [6.45, 7) is 0. The van der Waals surface area contributed by atoms with Gasteiger partial charge in [0.2, 0.25) is 5.88 Å². The number of hydrogen-bond acceptors (Lipinski definition) is 3. The lowest BCUT2D eigenvalue weighted by atomic mass is 10.4. The first-order chi connectivity index (χ1) is 6.83. The number of hydrogen-bond donors (Lipinski definition) is 0. The third kappa shape index (κ3) is 3.49. The number of alkyl halides is 3. The van der Waals surface area contributed by atoms with Crippen molar-refractivity contribution in [3.8, 4) is 11.9 Å². The summed E-state index contributed by atoms with van der Waals surface area (Å²) in [4.78, 5) is 3.38. The molecule has 1 aromatic rings. The van der Waals surface area contributed by atoms with Gasteiger partial charge in [-0.2, -0.15) is 5.26 Å². The lowest BCUT2D eigenvalue weighted by Gasteiger charge is -2.08. The van der Waals surface area contributed by atoms with Crippen LogP contribution in [-0.2, 0) is 0 Å². The second kappa shape index (κ2) is 4.52. The average molecular weight is 393 g/mol. The summed E-state index contributed by atoms with van der Waals surface area (Å²) in [5.41, 5.74) is -0.152. The van der Waals surface area contributed by atoms with Gasteiger partial charge >= 0.3 is 6.36 Å². The molecule has 0 saturated heterocycles. The highest BCUT2D eigenvalue weighted by molar-refractivity contribution is 14.1. The van der Waals surface area contributed by atoms with Crippen LogP contribution in [-0.4, -0.2) is 11.3 Å². The fraction of sp³-hybridized carbons (Fsp3) is 0.143. The molecule has 80 valence electrons. The number of aromatic nitrogens is 1. The van der Waals surface area contributed by atoms with Crippen molar-refractivity contribution in [1.29, 1.82) is 5.26 Å². The quantitative estimate of drug-likeness (QED) is 0.689. The summed E-state index contributed by atoms with van der Waals surface area (Å²) in [5, 5.41) is 8.58. The predicted molar refractivity (Wildman–Crippen MR) is 56.1 cm³/mol. The van der Waals surface area contributed by atoms with E-state index in [2.05, 4.69) is 25.7 Å². The minimum Gasteiger partial charge on any atom is -0.388 e. The summed E-state index contributed by atoms with van der Waals surface area (Å²) in [7, 11) is 0. The van der Waals surface area contributed by atoms with Gasteiger partial charge in [0.25, 0.3) is 0 Å². The molecule has 1 heterocycles. The molecule has 0 spiro atoms. The Morgan fingerprint density at radius 1 is 1.53 bits per heavy atom. The Bertz CT molecular complexity index is 429. The zero-order valence-corrected chi connectivity index (χ0v) is 10.5. The van der Waals surface area contributed by atoms with Crippen molar-refractivity contribution >= 4 is 38.5 Å². The molecule has 0 N–H and O–H groups in total. The van der Waals surface area contributed by atoms with Gasteiger partial charge < -0.3 is 4.74 Å². The first kappa shape index (κ1) is 12.5. The molecule has 0 fully saturated rings. The minimum atomic E-state index is -4.81. The number of ether oxygens (including phenoxy) is 1. The van der Waals surface area contributed by atoms with Crippen LogP contribution in [0.15, 0.2) is 10.5 Å². The number of halogens is 5. The van der Waals surface area contributed by atoms with E-state index < -0.39 is 12.2 Å². The van der Waals surface area contributed by atoms with Crippen LogP contribution < -0.4 is 4.74 Å². The first-order valence-electron chi connectivity index (χ1n) is 3.35. The van der Waals surface area contributed by atoms with Crippen LogP contribution in [0, 0.1) is 14.9 Å². The second-order valence-electron chi connectivity index (χ2n) is 2.26. The highest BCUT2D eigenvalue weighted by atomic mass is 127. The Kier molecular flexibility index (Phi) is 3.77. The molecule has 0 saturated carbocycles. The lowest BCUT2D eigenvalue weighted by molar-refractivity contribution is -0.276. The molecule has 0 bridgehead atoms. The van der Waals surface area contributed by atoms with Crippen molar-refractivity contribution in [2.45, 2.75) is 6.36 Å². The van der Waals surface area contributed by atoms with Gasteiger partial charge in [-0.25, -0.2) is 4.98 Å². The summed E-state index contributed by atoms with van der Waals surface area (Å²) < 4.78 is 39.9. The van der Waals surface area contributed by atoms with Gasteiger partial charge in [0.1, 0.15) is 6.07 Å². The van der Waals surface area contributed by atoms with Gasteiger partial charge in [0, 0.05) is 9.64 Å². The van der Waals surface area contributed by atoms with Crippen molar-refractivity contribution in [2.24, 2.45) is 0 Å². The van der Waals surface area contributed by atoms with Gasteiger partial charge in [-0.1, -0.05) is 0 Å². The van der Waals surface area contributed by atoms with Crippen LogP contribution in [0.2, 0.25) is 0 Å². The fourth-order valence-electron chi connectivity index (χ4n) is 0.721. The highest BCUT2D eigenvalue weighted by Crippen LogP contribution is 2.28. The molecule has 0 aromatic carbocycles. The van der Waals surface area contributed by atoms with Gasteiger partial charge in [-0.05, 0) is 38.5 Å². The van der Waals surface area contributed by atoms with Crippen molar-refractivity contribution in [1.82, 2.24) is 4.98 Å².